The third-order valence-electron chi connectivity index (χ3n) is 4.59. The highest BCUT2D eigenvalue weighted by atomic mass is 35.5. The minimum absolute atomic E-state index is 0.193. The number of pyridine rings is 1. The molecular formula is C19H16Cl2N6O2. The van der Waals surface area contributed by atoms with Crippen molar-refractivity contribution >= 4 is 40.8 Å². The lowest BCUT2D eigenvalue weighted by atomic mass is 10.0. The smallest absolute Gasteiger partial charge is 0.322 e. The van der Waals surface area contributed by atoms with Gasteiger partial charge < -0.3 is 16.0 Å². The zero-order valence-corrected chi connectivity index (χ0v) is 16.6. The fourth-order valence-electron chi connectivity index (χ4n) is 3.24. The van der Waals surface area contributed by atoms with Crippen LogP contribution in [0, 0.1) is 0 Å². The van der Waals surface area contributed by atoms with E-state index >= 15 is 0 Å². The molecule has 0 spiro atoms. The van der Waals surface area contributed by atoms with E-state index in [2.05, 4.69) is 15.4 Å². The van der Waals surface area contributed by atoms with Crippen LogP contribution < -0.4 is 11.1 Å². The van der Waals surface area contributed by atoms with Gasteiger partial charge in [0, 0.05) is 17.1 Å². The Kier molecular flexibility index (Phi) is 5.12. The Bertz CT molecular complexity index is 1100. The molecule has 1 aliphatic heterocycles. The van der Waals surface area contributed by atoms with Crippen molar-refractivity contribution in [3.63, 3.8) is 0 Å². The quantitative estimate of drug-likeness (QED) is 0.620. The molecule has 2 aromatic heterocycles. The van der Waals surface area contributed by atoms with Gasteiger partial charge in [0.2, 0.25) is 0 Å². The van der Waals surface area contributed by atoms with Gasteiger partial charge in [0.15, 0.2) is 0 Å². The maximum absolute atomic E-state index is 12.7. The molecule has 0 bridgehead atoms. The van der Waals surface area contributed by atoms with E-state index in [0.29, 0.717) is 45.9 Å². The summed E-state index contributed by atoms with van der Waals surface area (Å²) < 4.78 is 1.71. The monoisotopic (exact) mass is 430 g/mol. The Balaban J connectivity index is 1.62. The van der Waals surface area contributed by atoms with Crippen LogP contribution >= 0.6 is 23.2 Å². The summed E-state index contributed by atoms with van der Waals surface area (Å²) in [4.78, 5) is 30.4. The minimum Gasteiger partial charge on any atom is -0.365 e. The molecule has 10 heteroatoms. The summed E-state index contributed by atoms with van der Waals surface area (Å²) in [6.45, 7) is 1.05. The van der Waals surface area contributed by atoms with Crippen LogP contribution in [0.2, 0.25) is 10.2 Å². The highest BCUT2D eigenvalue weighted by Gasteiger charge is 2.29. The van der Waals surface area contributed by atoms with E-state index in [4.69, 9.17) is 28.9 Å². The fourth-order valence-corrected chi connectivity index (χ4v) is 3.54. The number of hydrogen-bond donors (Lipinski definition) is 2. The number of primary amides is 1. The number of urea groups is 1. The Labute approximate surface area is 176 Å². The van der Waals surface area contributed by atoms with Crippen LogP contribution in [0.25, 0.3) is 11.3 Å². The van der Waals surface area contributed by atoms with Crippen molar-refractivity contribution in [2.24, 2.45) is 5.73 Å². The molecule has 0 saturated carbocycles. The van der Waals surface area contributed by atoms with Crippen molar-refractivity contribution in [1.82, 2.24) is 19.7 Å². The molecule has 0 fully saturated rings. The predicted octanol–water partition coefficient (Wildman–Crippen LogP) is 3.40. The van der Waals surface area contributed by atoms with Crippen molar-refractivity contribution < 1.29 is 9.59 Å². The summed E-state index contributed by atoms with van der Waals surface area (Å²) in [5, 5.41) is 8.18. The molecule has 1 aromatic carbocycles. The number of anilines is 1. The van der Waals surface area contributed by atoms with Crippen LogP contribution in [-0.2, 0) is 13.1 Å². The van der Waals surface area contributed by atoms with E-state index in [1.807, 2.05) is 6.07 Å². The molecule has 0 atom stereocenters. The van der Waals surface area contributed by atoms with Crippen LogP contribution in [0.1, 0.15) is 16.1 Å². The van der Waals surface area contributed by atoms with Crippen LogP contribution in [0.5, 0.6) is 0 Å². The summed E-state index contributed by atoms with van der Waals surface area (Å²) in [7, 11) is 0. The second-order valence-corrected chi connectivity index (χ2v) is 7.31. The Hall–Kier alpha value is -3.10. The van der Waals surface area contributed by atoms with Crippen molar-refractivity contribution in [3.05, 3.63) is 64.0 Å². The number of amides is 3. The number of aromatic nitrogens is 3. The van der Waals surface area contributed by atoms with Gasteiger partial charge in [-0.15, -0.1) is 0 Å². The van der Waals surface area contributed by atoms with Crippen LogP contribution in [0.3, 0.4) is 0 Å². The van der Waals surface area contributed by atoms with Crippen molar-refractivity contribution in [3.8, 4) is 11.3 Å². The van der Waals surface area contributed by atoms with Gasteiger partial charge >= 0.3 is 6.03 Å². The summed E-state index contributed by atoms with van der Waals surface area (Å²) in [6.07, 6.45) is 1.47. The molecule has 4 rings (SSSR count). The topological polar surface area (TPSA) is 106 Å². The van der Waals surface area contributed by atoms with E-state index in [1.165, 1.54) is 6.20 Å². The average molecular weight is 431 g/mol. The summed E-state index contributed by atoms with van der Waals surface area (Å²) >= 11 is 11.8. The molecule has 3 aromatic rings. The van der Waals surface area contributed by atoms with E-state index in [1.54, 1.807) is 39.9 Å². The highest BCUT2D eigenvalue weighted by molar-refractivity contribution is 6.31. The molecular weight excluding hydrogens is 415 g/mol. The molecule has 0 saturated heterocycles. The van der Waals surface area contributed by atoms with Crippen molar-refractivity contribution in [2.75, 3.05) is 11.9 Å². The Morgan fingerprint density at radius 1 is 1.14 bits per heavy atom. The zero-order valence-electron chi connectivity index (χ0n) is 15.1. The number of nitrogens with two attached hydrogens (primary N) is 1. The molecule has 29 heavy (non-hydrogen) atoms. The largest absolute Gasteiger partial charge is 0.365 e. The van der Waals surface area contributed by atoms with Gasteiger partial charge in [-0.05, 0) is 24.3 Å². The second kappa shape index (κ2) is 7.73. The summed E-state index contributed by atoms with van der Waals surface area (Å²) in [5.74, 6) is -0.606. The Morgan fingerprint density at radius 2 is 1.97 bits per heavy atom. The van der Waals surface area contributed by atoms with Crippen molar-refractivity contribution in [1.29, 1.82) is 0 Å². The number of carbonyl (C=O) groups is 2. The van der Waals surface area contributed by atoms with E-state index in [0.717, 1.165) is 0 Å². The maximum atomic E-state index is 12.7. The fraction of sp³-hybridized carbons (Fsp3) is 0.158. The molecule has 148 valence electrons. The normalized spacial score (nSPS) is 13.1. The van der Waals surface area contributed by atoms with E-state index in [9.17, 15) is 9.59 Å². The number of rotatable bonds is 3. The van der Waals surface area contributed by atoms with E-state index in [-0.39, 0.29) is 18.1 Å². The number of halogens is 2. The number of nitrogens with one attached hydrogen (secondary N) is 1. The second-order valence-electron chi connectivity index (χ2n) is 6.49. The molecule has 0 unspecified atom stereocenters. The lowest BCUT2D eigenvalue weighted by Crippen LogP contribution is -2.41. The van der Waals surface area contributed by atoms with Crippen LogP contribution in [0.15, 0.2) is 42.6 Å². The third kappa shape index (κ3) is 3.90. The molecule has 3 amide bonds. The first-order chi connectivity index (χ1) is 13.9. The van der Waals surface area contributed by atoms with Gasteiger partial charge in [0.25, 0.3) is 5.91 Å². The average Bonchev–Trinajstić information content (AvgIpc) is 3.08. The first-order valence-corrected chi connectivity index (χ1v) is 9.51. The van der Waals surface area contributed by atoms with Gasteiger partial charge in [0.1, 0.15) is 10.8 Å². The first kappa shape index (κ1) is 19.2. The molecule has 8 nitrogen and oxygen atoms in total. The van der Waals surface area contributed by atoms with Crippen molar-refractivity contribution in [2.45, 2.75) is 13.1 Å². The molecule has 1 aliphatic rings. The van der Waals surface area contributed by atoms with Gasteiger partial charge in [0.05, 0.1) is 36.2 Å². The summed E-state index contributed by atoms with van der Waals surface area (Å²) in [6, 6.07) is 9.98. The SMILES string of the molecule is NC(=O)c1c(-c2cccc(Cl)c2)nn2c1CN(C(=O)Nc1ccc(Cl)nc1)CC2. The Morgan fingerprint density at radius 3 is 2.66 bits per heavy atom. The lowest BCUT2D eigenvalue weighted by molar-refractivity contribution is 0.0997. The number of nitrogens with zero attached hydrogens (tertiary/aromatic N) is 4. The third-order valence-corrected chi connectivity index (χ3v) is 5.05. The number of carbonyl (C=O) groups excluding carboxylic acids is 2. The van der Waals surface area contributed by atoms with Gasteiger partial charge in [-0.25, -0.2) is 9.78 Å². The van der Waals surface area contributed by atoms with E-state index < -0.39 is 5.91 Å². The maximum Gasteiger partial charge on any atom is 0.322 e. The molecule has 3 heterocycles. The lowest BCUT2D eigenvalue weighted by Gasteiger charge is -2.28. The first-order valence-electron chi connectivity index (χ1n) is 8.75. The van der Waals surface area contributed by atoms with Gasteiger partial charge in [-0.2, -0.15) is 5.10 Å². The van der Waals surface area contributed by atoms with Gasteiger partial charge in [-0.1, -0.05) is 35.3 Å². The summed E-state index contributed by atoms with van der Waals surface area (Å²) in [5.41, 5.74) is 8.20. The number of fused-ring (bicyclic) bond motifs is 1. The predicted molar refractivity (Wildman–Crippen MR) is 110 cm³/mol. The number of benzene rings is 1. The highest BCUT2D eigenvalue weighted by Crippen LogP contribution is 2.29. The zero-order chi connectivity index (χ0) is 20.5. The standard InChI is InChI=1S/C19H16Cl2N6O2/c20-12-3-1-2-11(8-12)17-16(18(22)28)14-10-26(6-7-27(14)25-17)19(29)24-13-4-5-15(21)23-9-13/h1-5,8-9H,6-7,10H2,(H2,22,28)(H,24,29). The molecule has 0 radical (unpaired) electrons. The molecule has 3 N–H and O–H groups in total. The van der Waals surface area contributed by atoms with Gasteiger partial charge in [-0.3, -0.25) is 9.48 Å². The minimum atomic E-state index is -0.606. The van der Waals surface area contributed by atoms with Crippen LogP contribution in [0.4, 0.5) is 10.5 Å². The van der Waals surface area contributed by atoms with Crippen LogP contribution in [-0.4, -0.2) is 38.1 Å². The number of hydrogen-bond acceptors (Lipinski definition) is 4. The molecule has 0 aliphatic carbocycles.